The lowest BCUT2D eigenvalue weighted by Crippen LogP contribution is -2.40. The number of imide groups is 1. The summed E-state index contributed by atoms with van der Waals surface area (Å²) >= 11 is 3.00. The molecule has 3 amide bonds. The molecule has 1 aliphatic carbocycles. The van der Waals surface area contributed by atoms with Gasteiger partial charge in [0.2, 0.25) is 0 Å². The van der Waals surface area contributed by atoms with Crippen molar-refractivity contribution in [2.75, 3.05) is 12.3 Å². The Morgan fingerprint density at radius 3 is 2.52 bits per heavy atom. The van der Waals surface area contributed by atoms with Crippen LogP contribution < -0.4 is 10.9 Å². The molecular weight excluding hydrogens is 408 g/mol. The number of hydrogen-bond donors (Lipinski definition) is 1. The largest absolute Gasteiger partial charge is 0.325 e. The predicted molar refractivity (Wildman–Crippen MR) is 116 cm³/mol. The van der Waals surface area contributed by atoms with Gasteiger partial charge in [-0.05, 0) is 46.1 Å². The summed E-state index contributed by atoms with van der Waals surface area (Å²) in [6.07, 6.45) is 4.23. The maximum absolute atomic E-state index is 13.4. The van der Waals surface area contributed by atoms with Gasteiger partial charge in [-0.25, -0.2) is 9.78 Å². The predicted octanol–water partition coefficient (Wildman–Crippen LogP) is 3.61. The molecule has 1 aliphatic heterocycles. The van der Waals surface area contributed by atoms with Crippen LogP contribution >= 0.6 is 23.1 Å². The Bertz CT molecular complexity index is 1050. The maximum Gasteiger partial charge on any atom is 0.325 e. The van der Waals surface area contributed by atoms with E-state index in [1.54, 1.807) is 25.2 Å². The van der Waals surface area contributed by atoms with Crippen LogP contribution in [0.15, 0.2) is 9.95 Å². The van der Waals surface area contributed by atoms with E-state index in [0.717, 1.165) is 46.3 Å². The van der Waals surface area contributed by atoms with Crippen molar-refractivity contribution < 1.29 is 9.59 Å². The number of nitrogens with one attached hydrogen (secondary N) is 1. The Kier molecular flexibility index (Phi) is 5.23. The Morgan fingerprint density at radius 2 is 1.90 bits per heavy atom. The number of hydrogen-bond acceptors (Lipinski definition) is 6. The van der Waals surface area contributed by atoms with Gasteiger partial charge in [0, 0.05) is 23.2 Å². The van der Waals surface area contributed by atoms with Crippen LogP contribution in [0.2, 0.25) is 0 Å². The smallest absolute Gasteiger partial charge is 0.324 e. The molecule has 2 fully saturated rings. The molecule has 0 radical (unpaired) electrons. The topological polar surface area (TPSA) is 84.3 Å². The molecule has 2 aromatic rings. The van der Waals surface area contributed by atoms with Gasteiger partial charge in [-0.2, -0.15) is 0 Å². The van der Waals surface area contributed by atoms with Gasteiger partial charge >= 0.3 is 6.03 Å². The second-order valence-electron chi connectivity index (χ2n) is 8.33. The van der Waals surface area contributed by atoms with E-state index in [4.69, 9.17) is 4.98 Å². The van der Waals surface area contributed by atoms with Crippen molar-refractivity contribution in [3.63, 3.8) is 0 Å². The van der Waals surface area contributed by atoms with Crippen molar-refractivity contribution in [2.24, 2.45) is 0 Å². The molecule has 29 heavy (non-hydrogen) atoms. The second-order valence-corrected chi connectivity index (χ2v) is 10.6. The fourth-order valence-corrected chi connectivity index (χ4v) is 6.18. The molecule has 4 rings (SSSR count). The van der Waals surface area contributed by atoms with Crippen LogP contribution in [0.4, 0.5) is 4.79 Å². The molecule has 2 aromatic heterocycles. The van der Waals surface area contributed by atoms with E-state index in [9.17, 15) is 14.4 Å². The van der Waals surface area contributed by atoms with Crippen LogP contribution in [0.5, 0.6) is 0 Å². The number of carbonyl (C=O) groups is 2. The van der Waals surface area contributed by atoms with Gasteiger partial charge in [-0.3, -0.25) is 19.1 Å². The summed E-state index contributed by atoms with van der Waals surface area (Å²) in [4.78, 5) is 45.8. The van der Waals surface area contributed by atoms with E-state index in [0.29, 0.717) is 17.5 Å². The van der Waals surface area contributed by atoms with Crippen LogP contribution in [0.25, 0.3) is 10.2 Å². The van der Waals surface area contributed by atoms with E-state index in [2.05, 4.69) is 5.32 Å². The summed E-state index contributed by atoms with van der Waals surface area (Å²) in [5.41, 5.74) is 0.200. The number of fused-ring (bicyclic) bond motifs is 1. The summed E-state index contributed by atoms with van der Waals surface area (Å²) in [7, 11) is 0. The summed E-state index contributed by atoms with van der Waals surface area (Å²) in [5.74, 6) is 0.285. The summed E-state index contributed by atoms with van der Waals surface area (Å²) < 4.78 is 1.87. The monoisotopic (exact) mass is 434 g/mol. The average molecular weight is 435 g/mol. The molecular formula is C20H26N4O3S2. The van der Waals surface area contributed by atoms with Crippen LogP contribution in [0.3, 0.4) is 0 Å². The van der Waals surface area contributed by atoms with Crippen LogP contribution in [-0.4, -0.2) is 44.2 Å². The van der Waals surface area contributed by atoms with Crippen LogP contribution in [0.1, 0.15) is 56.0 Å². The molecule has 156 valence electrons. The highest BCUT2D eigenvalue weighted by Crippen LogP contribution is 2.34. The van der Waals surface area contributed by atoms with Gasteiger partial charge in [-0.1, -0.05) is 24.6 Å². The van der Waals surface area contributed by atoms with Gasteiger partial charge in [0.1, 0.15) is 10.4 Å². The van der Waals surface area contributed by atoms with Gasteiger partial charge in [-0.15, -0.1) is 11.3 Å². The maximum atomic E-state index is 13.4. The Labute approximate surface area is 177 Å². The SMILES string of the molecule is Cc1sc2nc(SCCN3C(=O)NC(C)(C)C3=O)n(C3CCCC3)c(=O)c2c1C. The van der Waals surface area contributed by atoms with Crippen molar-refractivity contribution in [1.82, 2.24) is 19.8 Å². The summed E-state index contributed by atoms with van der Waals surface area (Å²) in [5, 5.41) is 4.13. The van der Waals surface area contributed by atoms with Crippen molar-refractivity contribution in [2.45, 2.75) is 70.1 Å². The fourth-order valence-electron chi connectivity index (χ4n) is 4.12. The summed E-state index contributed by atoms with van der Waals surface area (Å²) in [6, 6.07) is -0.182. The minimum absolute atomic E-state index is 0.0439. The van der Waals surface area contributed by atoms with Gasteiger partial charge in [0.05, 0.1) is 5.39 Å². The van der Waals surface area contributed by atoms with Crippen LogP contribution in [0, 0.1) is 13.8 Å². The fraction of sp³-hybridized carbons (Fsp3) is 0.600. The number of carbonyl (C=O) groups excluding carboxylic acids is 2. The van der Waals surface area contributed by atoms with Gasteiger partial charge in [0.25, 0.3) is 11.5 Å². The lowest BCUT2D eigenvalue weighted by molar-refractivity contribution is -0.130. The third-order valence-electron chi connectivity index (χ3n) is 5.88. The number of amides is 3. The van der Waals surface area contributed by atoms with E-state index in [-0.39, 0.29) is 23.5 Å². The minimum atomic E-state index is -0.864. The quantitative estimate of drug-likeness (QED) is 0.441. The lowest BCUT2D eigenvalue weighted by Gasteiger charge is -2.19. The summed E-state index contributed by atoms with van der Waals surface area (Å²) in [6.45, 7) is 7.71. The van der Waals surface area contributed by atoms with Crippen molar-refractivity contribution in [3.8, 4) is 0 Å². The number of nitrogens with zero attached hydrogens (tertiary/aromatic N) is 3. The van der Waals surface area contributed by atoms with Gasteiger partial charge in [0.15, 0.2) is 5.16 Å². The molecule has 9 heteroatoms. The molecule has 0 unspecified atom stereocenters. The molecule has 1 saturated heterocycles. The standard InChI is InChI=1S/C20H26N4O3S2/c1-11-12(2)29-15-14(11)16(25)24(13-7-5-6-8-13)19(21-15)28-10-9-23-17(26)20(3,4)22-18(23)27/h13H,5-10H2,1-4H3,(H,22,27). The Hall–Kier alpha value is -1.87. The number of thiophene rings is 1. The Balaban J connectivity index is 1.63. The number of rotatable bonds is 5. The lowest BCUT2D eigenvalue weighted by atomic mass is 10.1. The molecule has 0 atom stereocenters. The molecule has 0 bridgehead atoms. The van der Waals surface area contributed by atoms with E-state index in [1.165, 1.54) is 16.7 Å². The third-order valence-corrected chi connectivity index (χ3v) is 7.92. The average Bonchev–Trinajstić information content (AvgIpc) is 3.30. The first kappa shape index (κ1) is 20.4. The number of thioether (sulfide) groups is 1. The molecule has 0 spiro atoms. The zero-order valence-electron chi connectivity index (χ0n) is 17.2. The number of aryl methyl sites for hydroxylation is 2. The number of urea groups is 1. The molecule has 2 aliphatic rings. The van der Waals surface area contributed by atoms with E-state index >= 15 is 0 Å². The normalized spacial score (nSPS) is 19.5. The highest BCUT2D eigenvalue weighted by Gasteiger charge is 2.43. The second kappa shape index (κ2) is 7.43. The van der Waals surface area contributed by atoms with Crippen LogP contribution in [-0.2, 0) is 4.79 Å². The van der Waals surface area contributed by atoms with Crippen molar-refractivity contribution in [3.05, 3.63) is 20.8 Å². The molecule has 3 heterocycles. The molecule has 1 N–H and O–H groups in total. The first-order valence-corrected chi connectivity index (χ1v) is 11.8. The molecule has 7 nitrogen and oxygen atoms in total. The zero-order valence-corrected chi connectivity index (χ0v) is 18.8. The van der Waals surface area contributed by atoms with Crippen molar-refractivity contribution in [1.29, 1.82) is 0 Å². The minimum Gasteiger partial charge on any atom is -0.324 e. The zero-order chi connectivity index (χ0) is 20.9. The third kappa shape index (κ3) is 3.48. The first-order valence-electron chi connectivity index (χ1n) is 10.00. The molecule has 0 aromatic carbocycles. The van der Waals surface area contributed by atoms with Crippen molar-refractivity contribution >= 4 is 45.3 Å². The van der Waals surface area contributed by atoms with Gasteiger partial charge < -0.3 is 5.32 Å². The first-order chi connectivity index (χ1) is 13.7. The highest BCUT2D eigenvalue weighted by molar-refractivity contribution is 7.99. The molecule has 1 saturated carbocycles. The highest BCUT2D eigenvalue weighted by atomic mass is 32.2. The Morgan fingerprint density at radius 1 is 1.21 bits per heavy atom. The number of aromatic nitrogens is 2. The van der Waals surface area contributed by atoms with E-state index in [1.807, 2.05) is 18.4 Å². The van der Waals surface area contributed by atoms with E-state index < -0.39 is 5.54 Å².